The maximum absolute atomic E-state index is 11.9. The molecule has 6 heteroatoms. The van der Waals surface area contributed by atoms with E-state index in [9.17, 15) is 13.2 Å². The van der Waals surface area contributed by atoms with Crippen molar-refractivity contribution in [2.24, 2.45) is 5.73 Å². The van der Waals surface area contributed by atoms with Crippen LogP contribution in [0.5, 0.6) is 5.75 Å². The van der Waals surface area contributed by atoms with Gasteiger partial charge < -0.3 is 10.5 Å². The van der Waals surface area contributed by atoms with Gasteiger partial charge in [0.2, 0.25) is 0 Å². The number of hydrogen-bond acceptors (Lipinski definition) is 2. The second-order valence-corrected chi connectivity index (χ2v) is 3.90. The normalized spacial score (nSPS) is 11.2. The molecule has 1 aromatic rings. The van der Waals surface area contributed by atoms with Crippen LogP contribution in [0.4, 0.5) is 13.2 Å². The molecule has 94 valence electrons. The summed E-state index contributed by atoms with van der Waals surface area (Å²) in [6, 6.07) is 6.66. The molecule has 1 rings (SSSR count). The van der Waals surface area contributed by atoms with Crippen molar-refractivity contribution < 1.29 is 17.9 Å². The number of rotatable bonds is 5. The Kier molecular flexibility index (Phi) is 4.74. The zero-order chi connectivity index (χ0) is 12.9. The third-order valence-electron chi connectivity index (χ3n) is 1.99. The molecule has 0 fully saturated rings. The van der Waals surface area contributed by atoms with E-state index in [4.69, 9.17) is 22.7 Å². The lowest BCUT2D eigenvalue weighted by molar-refractivity contribution is -0.136. The van der Waals surface area contributed by atoms with Gasteiger partial charge in [0.1, 0.15) is 10.7 Å². The third-order valence-corrected chi connectivity index (χ3v) is 2.23. The summed E-state index contributed by atoms with van der Waals surface area (Å²) in [5, 5.41) is 0. The molecule has 1 aromatic carbocycles. The molecule has 2 nitrogen and oxygen atoms in total. The Labute approximate surface area is 103 Å². The molecule has 0 saturated carbocycles. The molecule has 0 aromatic heterocycles. The van der Waals surface area contributed by atoms with Crippen LogP contribution in [0.3, 0.4) is 0 Å². The van der Waals surface area contributed by atoms with Gasteiger partial charge >= 0.3 is 6.18 Å². The van der Waals surface area contributed by atoms with Gasteiger partial charge in [-0.2, -0.15) is 13.2 Å². The molecule has 0 aliphatic heterocycles. The number of thiocarbonyl (C=S) groups is 1. The van der Waals surface area contributed by atoms with Crippen molar-refractivity contribution in [2.45, 2.75) is 19.0 Å². The Morgan fingerprint density at radius 3 is 2.65 bits per heavy atom. The molecule has 0 saturated heterocycles. The van der Waals surface area contributed by atoms with Crippen LogP contribution < -0.4 is 10.5 Å². The zero-order valence-corrected chi connectivity index (χ0v) is 9.77. The summed E-state index contributed by atoms with van der Waals surface area (Å²) in [7, 11) is 0. The maximum Gasteiger partial charge on any atom is 0.389 e. The van der Waals surface area contributed by atoms with Crippen molar-refractivity contribution >= 4 is 17.2 Å². The van der Waals surface area contributed by atoms with E-state index in [0.29, 0.717) is 11.3 Å². The fourth-order valence-corrected chi connectivity index (χ4v) is 1.33. The predicted molar refractivity (Wildman–Crippen MR) is 63.1 cm³/mol. The molecule has 0 heterocycles. The summed E-state index contributed by atoms with van der Waals surface area (Å²) in [4.78, 5) is 0.228. The summed E-state index contributed by atoms with van der Waals surface area (Å²) in [6.07, 6.45) is -5.05. The minimum atomic E-state index is -4.13. The average molecular weight is 263 g/mol. The lowest BCUT2D eigenvalue weighted by Gasteiger charge is -2.09. The van der Waals surface area contributed by atoms with Gasteiger partial charge in [0.25, 0.3) is 0 Å². The summed E-state index contributed by atoms with van der Waals surface area (Å²) < 4.78 is 40.8. The quantitative estimate of drug-likeness (QED) is 0.655. The van der Waals surface area contributed by atoms with Crippen LogP contribution in [0, 0.1) is 0 Å². The Morgan fingerprint density at radius 2 is 2.06 bits per heavy atom. The highest BCUT2D eigenvalue weighted by molar-refractivity contribution is 7.80. The fourth-order valence-electron chi connectivity index (χ4n) is 1.20. The van der Waals surface area contributed by atoms with Gasteiger partial charge in [-0.25, -0.2) is 0 Å². The van der Waals surface area contributed by atoms with E-state index < -0.39 is 12.6 Å². The third kappa shape index (κ3) is 5.53. The second kappa shape index (κ2) is 5.86. The van der Waals surface area contributed by atoms with Gasteiger partial charge in [-0.15, -0.1) is 0 Å². The Morgan fingerprint density at radius 1 is 1.35 bits per heavy atom. The highest BCUT2D eigenvalue weighted by Crippen LogP contribution is 2.21. The number of alkyl halides is 3. The minimum absolute atomic E-state index is 0.0142. The van der Waals surface area contributed by atoms with Crippen molar-refractivity contribution in [2.75, 3.05) is 6.61 Å². The van der Waals surface area contributed by atoms with Crippen molar-refractivity contribution in [1.29, 1.82) is 0 Å². The number of halogens is 3. The lowest BCUT2D eigenvalue weighted by Crippen LogP contribution is -2.11. The first-order valence-electron chi connectivity index (χ1n) is 4.98. The van der Waals surface area contributed by atoms with Crippen molar-refractivity contribution in [3.8, 4) is 5.75 Å². The van der Waals surface area contributed by atoms with Gasteiger partial charge in [0, 0.05) is 12.0 Å². The fraction of sp³-hybridized carbons (Fsp3) is 0.364. The summed E-state index contributed by atoms with van der Waals surface area (Å²) in [6.45, 7) is 0.0142. The highest BCUT2D eigenvalue weighted by atomic mass is 32.1. The van der Waals surface area contributed by atoms with Crippen molar-refractivity contribution in [3.05, 3.63) is 29.8 Å². The standard InChI is InChI=1S/C11H12F3NOS/c12-11(13,14)5-2-6-16-9-4-1-3-8(7-9)10(15)17/h1,3-4,7H,2,5-6H2,(H2,15,17). The summed E-state index contributed by atoms with van der Waals surface area (Å²) >= 11 is 4.78. The number of ether oxygens (including phenoxy) is 1. The average Bonchev–Trinajstić information content (AvgIpc) is 2.23. The Balaban J connectivity index is 2.42. The molecule has 0 spiro atoms. The molecule has 0 amide bonds. The van der Waals surface area contributed by atoms with Gasteiger partial charge in [0.15, 0.2) is 0 Å². The van der Waals surface area contributed by atoms with Gasteiger partial charge in [-0.3, -0.25) is 0 Å². The van der Waals surface area contributed by atoms with Crippen LogP contribution in [-0.4, -0.2) is 17.8 Å². The lowest BCUT2D eigenvalue weighted by atomic mass is 10.2. The van der Waals surface area contributed by atoms with Gasteiger partial charge in [0.05, 0.1) is 6.61 Å². The van der Waals surface area contributed by atoms with Crippen LogP contribution in [0.25, 0.3) is 0 Å². The molecule has 2 N–H and O–H groups in total. The van der Waals surface area contributed by atoms with Crippen LogP contribution in [0.15, 0.2) is 24.3 Å². The Bertz CT molecular complexity index is 393. The van der Waals surface area contributed by atoms with Crippen LogP contribution in [0.2, 0.25) is 0 Å². The van der Waals surface area contributed by atoms with E-state index in [1.54, 1.807) is 24.3 Å². The second-order valence-electron chi connectivity index (χ2n) is 3.46. The zero-order valence-electron chi connectivity index (χ0n) is 8.96. The smallest absolute Gasteiger partial charge is 0.389 e. The first-order chi connectivity index (χ1) is 7.88. The number of hydrogen-bond donors (Lipinski definition) is 1. The molecule has 0 unspecified atom stereocenters. The topological polar surface area (TPSA) is 35.2 Å². The first kappa shape index (κ1) is 13.8. The molecule has 0 aliphatic carbocycles. The predicted octanol–water partition coefficient (Wildman–Crippen LogP) is 3.04. The number of nitrogens with two attached hydrogens (primary N) is 1. The molecule has 17 heavy (non-hydrogen) atoms. The van der Waals surface area contributed by atoms with E-state index in [2.05, 4.69) is 0 Å². The van der Waals surface area contributed by atoms with E-state index in [1.165, 1.54) is 0 Å². The molecular weight excluding hydrogens is 251 g/mol. The highest BCUT2D eigenvalue weighted by Gasteiger charge is 2.26. The largest absolute Gasteiger partial charge is 0.494 e. The van der Waals surface area contributed by atoms with Crippen LogP contribution in [0.1, 0.15) is 18.4 Å². The monoisotopic (exact) mass is 263 g/mol. The van der Waals surface area contributed by atoms with E-state index in [0.717, 1.165) is 0 Å². The molecule has 0 atom stereocenters. The van der Waals surface area contributed by atoms with E-state index in [1.807, 2.05) is 0 Å². The SMILES string of the molecule is NC(=S)c1cccc(OCCCC(F)(F)F)c1. The van der Waals surface area contributed by atoms with Crippen molar-refractivity contribution in [1.82, 2.24) is 0 Å². The van der Waals surface area contributed by atoms with Crippen LogP contribution in [-0.2, 0) is 0 Å². The number of benzene rings is 1. The minimum Gasteiger partial charge on any atom is -0.494 e. The van der Waals surface area contributed by atoms with Crippen LogP contribution >= 0.6 is 12.2 Å². The molecule has 0 aliphatic rings. The summed E-state index contributed by atoms with van der Waals surface area (Å²) in [5.41, 5.74) is 6.05. The van der Waals surface area contributed by atoms with Gasteiger partial charge in [-0.1, -0.05) is 24.4 Å². The first-order valence-corrected chi connectivity index (χ1v) is 5.39. The molecular formula is C11H12F3NOS. The Hall–Kier alpha value is -1.30. The maximum atomic E-state index is 11.9. The van der Waals surface area contributed by atoms with Gasteiger partial charge in [-0.05, 0) is 18.6 Å². The van der Waals surface area contributed by atoms with Crippen molar-refractivity contribution in [3.63, 3.8) is 0 Å². The van der Waals surface area contributed by atoms with E-state index in [-0.39, 0.29) is 18.0 Å². The summed E-state index contributed by atoms with van der Waals surface area (Å²) in [5.74, 6) is 0.470. The molecule has 0 radical (unpaired) electrons. The van der Waals surface area contributed by atoms with E-state index >= 15 is 0 Å². The molecule has 0 bridgehead atoms.